The maximum atomic E-state index is 13.1. The van der Waals surface area contributed by atoms with E-state index in [2.05, 4.69) is 15.2 Å². The number of hydrogen-bond acceptors (Lipinski definition) is 5. The van der Waals surface area contributed by atoms with Gasteiger partial charge in [-0.1, -0.05) is 0 Å². The maximum absolute atomic E-state index is 13.1. The normalized spacial score (nSPS) is 11.6. The number of ether oxygens (including phenoxy) is 1. The van der Waals surface area contributed by atoms with E-state index in [1.54, 1.807) is 51.2 Å². The highest BCUT2D eigenvalue weighted by molar-refractivity contribution is 6.05. The summed E-state index contributed by atoms with van der Waals surface area (Å²) in [5.41, 5.74) is 3.91. The summed E-state index contributed by atoms with van der Waals surface area (Å²) in [4.78, 5) is 17.7. The van der Waals surface area contributed by atoms with Gasteiger partial charge in [0.25, 0.3) is 0 Å². The molecule has 0 aliphatic rings. The second-order valence-electron chi connectivity index (χ2n) is 6.95. The van der Waals surface area contributed by atoms with Crippen LogP contribution < -0.4 is 10.4 Å². The molecule has 0 unspecified atom stereocenters. The standard InChI is InChI=1S/C20H19N7O2/c1-24-11-12(9-23-24)13-7-14-15(8-17(13)29-4)21-10-16-19(14)27(20(28)25(16)2)18-5-6-22-26(18)3/h5-11H,1-4H3. The Balaban J connectivity index is 1.95. The summed E-state index contributed by atoms with van der Waals surface area (Å²) in [5, 5.41) is 9.35. The Morgan fingerprint density at radius 3 is 2.55 bits per heavy atom. The van der Waals surface area contributed by atoms with Crippen LogP contribution in [0.15, 0.2) is 47.8 Å². The molecule has 9 nitrogen and oxygen atoms in total. The van der Waals surface area contributed by atoms with Gasteiger partial charge in [-0.3, -0.25) is 18.9 Å². The van der Waals surface area contributed by atoms with E-state index < -0.39 is 0 Å². The third-order valence-electron chi connectivity index (χ3n) is 5.24. The van der Waals surface area contributed by atoms with E-state index in [1.807, 2.05) is 38.5 Å². The Kier molecular flexibility index (Phi) is 3.60. The molecule has 0 spiro atoms. The fourth-order valence-electron chi connectivity index (χ4n) is 3.78. The highest BCUT2D eigenvalue weighted by Gasteiger charge is 2.20. The van der Waals surface area contributed by atoms with Gasteiger partial charge < -0.3 is 4.74 Å². The number of imidazole rings is 1. The summed E-state index contributed by atoms with van der Waals surface area (Å²) in [5.74, 6) is 1.38. The van der Waals surface area contributed by atoms with Crippen molar-refractivity contribution in [2.45, 2.75) is 0 Å². The third kappa shape index (κ3) is 2.40. The van der Waals surface area contributed by atoms with Crippen LogP contribution in [-0.4, -0.2) is 40.8 Å². The monoisotopic (exact) mass is 389 g/mol. The van der Waals surface area contributed by atoms with Gasteiger partial charge in [0.15, 0.2) is 0 Å². The molecule has 9 heteroatoms. The quantitative estimate of drug-likeness (QED) is 0.471. The first-order valence-electron chi connectivity index (χ1n) is 9.05. The van der Waals surface area contributed by atoms with E-state index in [1.165, 1.54) is 0 Å². The molecule has 0 saturated heterocycles. The number of methoxy groups -OCH3 is 1. The second kappa shape index (κ2) is 6.06. The van der Waals surface area contributed by atoms with Crippen LogP contribution in [0.3, 0.4) is 0 Å². The van der Waals surface area contributed by atoms with Gasteiger partial charge in [0.1, 0.15) is 11.6 Å². The van der Waals surface area contributed by atoms with Gasteiger partial charge in [0.05, 0.1) is 42.3 Å². The summed E-state index contributed by atoms with van der Waals surface area (Å²) in [6.45, 7) is 0. The Bertz CT molecular complexity index is 1450. The lowest BCUT2D eigenvalue weighted by Crippen LogP contribution is -2.22. The van der Waals surface area contributed by atoms with Crippen LogP contribution in [0.4, 0.5) is 0 Å². The summed E-state index contributed by atoms with van der Waals surface area (Å²) in [6.07, 6.45) is 7.11. The van der Waals surface area contributed by atoms with Crippen molar-refractivity contribution in [3.63, 3.8) is 0 Å². The van der Waals surface area contributed by atoms with Crippen LogP contribution in [0.1, 0.15) is 0 Å². The van der Waals surface area contributed by atoms with Gasteiger partial charge in [-0.15, -0.1) is 0 Å². The number of nitrogens with zero attached hydrogens (tertiary/aromatic N) is 7. The van der Waals surface area contributed by atoms with Crippen LogP contribution in [0.25, 0.3) is 38.9 Å². The smallest absolute Gasteiger partial charge is 0.334 e. The number of fused-ring (bicyclic) bond motifs is 3. The summed E-state index contributed by atoms with van der Waals surface area (Å²) in [7, 11) is 7.06. The highest BCUT2D eigenvalue weighted by atomic mass is 16.5. The number of hydrogen-bond donors (Lipinski definition) is 0. The van der Waals surface area contributed by atoms with Crippen molar-refractivity contribution in [1.82, 2.24) is 33.7 Å². The van der Waals surface area contributed by atoms with Crippen LogP contribution >= 0.6 is 0 Å². The molecule has 0 radical (unpaired) electrons. The molecular formula is C20H19N7O2. The van der Waals surface area contributed by atoms with Crippen molar-refractivity contribution in [3.8, 4) is 22.7 Å². The average Bonchev–Trinajstić information content (AvgIpc) is 3.40. The highest BCUT2D eigenvalue weighted by Crippen LogP contribution is 2.36. The topological polar surface area (TPSA) is 84.7 Å². The van der Waals surface area contributed by atoms with Gasteiger partial charge in [-0.25, -0.2) is 9.36 Å². The Hall–Kier alpha value is -3.88. The minimum atomic E-state index is -0.156. The lowest BCUT2D eigenvalue weighted by molar-refractivity contribution is 0.417. The molecule has 0 N–H and O–H groups in total. The molecule has 5 rings (SSSR count). The fraction of sp³-hybridized carbons (Fsp3) is 0.200. The molecular weight excluding hydrogens is 370 g/mol. The average molecular weight is 389 g/mol. The lowest BCUT2D eigenvalue weighted by atomic mass is 10.0. The molecule has 0 aliphatic heterocycles. The van der Waals surface area contributed by atoms with Crippen molar-refractivity contribution >= 4 is 21.9 Å². The van der Waals surface area contributed by atoms with E-state index in [9.17, 15) is 4.79 Å². The molecule has 0 bridgehead atoms. The Morgan fingerprint density at radius 1 is 1.07 bits per heavy atom. The van der Waals surface area contributed by atoms with Crippen LogP contribution in [0.2, 0.25) is 0 Å². The first kappa shape index (κ1) is 17.2. The van der Waals surface area contributed by atoms with Crippen molar-refractivity contribution in [2.24, 2.45) is 21.1 Å². The van der Waals surface area contributed by atoms with Gasteiger partial charge >= 0.3 is 5.69 Å². The summed E-state index contributed by atoms with van der Waals surface area (Å²) >= 11 is 0. The number of pyridine rings is 1. The zero-order valence-electron chi connectivity index (χ0n) is 16.5. The maximum Gasteiger partial charge on any atom is 0.334 e. The number of aryl methyl sites for hydroxylation is 3. The van der Waals surface area contributed by atoms with Gasteiger partial charge in [-0.2, -0.15) is 10.2 Å². The molecule has 0 fully saturated rings. The van der Waals surface area contributed by atoms with Crippen LogP contribution in [-0.2, 0) is 21.1 Å². The summed E-state index contributed by atoms with van der Waals surface area (Å²) in [6, 6.07) is 5.72. The predicted octanol–water partition coefficient (Wildman–Crippen LogP) is 2.02. The molecule has 5 aromatic rings. The Morgan fingerprint density at radius 2 is 1.90 bits per heavy atom. The first-order chi connectivity index (χ1) is 14.0. The van der Waals surface area contributed by atoms with E-state index in [0.717, 1.165) is 33.1 Å². The third-order valence-corrected chi connectivity index (χ3v) is 5.24. The van der Waals surface area contributed by atoms with Gasteiger partial charge in [0, 0.05) is 56.0 Å². The zero-order chi connectivity index (χ0) is 20.3. The Labute approximate surface area is 165 Å². The van der Waals surface area contributed by atoms with E-state index in [-0.39, 0.29) is 5.69 Å². The molecule has 0 atom stereocenters. The van der Waals surface area contributed by atoms with E-state index >= 15 is 0 Å². The minimum absolute atomic E-state index is 0.156. The molecule has 1 aromatic carbocycles. The molecule has 0 aliphatic carbocycles. The lowest BCUT2D eigenvalue weighted by Gasteiger charge is -2.11. The predicted molar refractivity (Wildman–Crippen MR) is 109 cm³/mol. The number of rotatable bonds is 3. The van der Waals surface area contributed by atoms with Crippen molar-refractivity contribution in [3.05, 3.63) is 53.5 Å². The van der Waals surface area contributed by atoms with Gasteiger partial charge in [0.2, 0.25) is 0 Å². The molecule has 0 amide bonds. The van der Waals surface area contributed by atoms with E-state index in [4.69, 9.17) is 4.74 Å². The SMILES string of the molecule is COc1cc2ncc3c(c2cc1-c1cnn(C)c1)n(-c1ccnn1C)c(=O)n3C. The zero-order valence-corrected chi connectivity index (χ0v) is 16.5. The largest absolute Gasteiger partial charge is 0.496 e. The van der Waals surface area contributed by atoms with Crippen LogP contribution in [0.5, 0.6) is 5.75 Å². The van der Waals surface area contributed by atoms with E-state index in [0.29, 0.717) is 11.6 Å². The molecule has 146 valence electrons. The molecule has 0 saturated carbocycles. The van der Waals surface area contributed by atoms with Crippen molar-refractivity contribution in [1.29, 1.82) is 0 Å². The van der Waals surface area contributed by atoms with Crippen LogP contribution in [0, 0.1) is 0 Å². The number of benzene rings is 1. The molecule has 29 heavy (non-hydrogen) atoms. The second-order valence-corrected chi connectivity index (χ2v) is 6.95. The number of aromatic nitrogens is 7. The van der Waals surface area contributed by atoms with Gasteiger partial charge in [-0.05, 0) is 6.07 Å². The molecule has 4 aromatic heterocycles. The molecule has 4 heterocycles. The van der Waals surface area contributed by atoms with Crippen molar-refractivity contribution < 1.29 is 4.74 Å². The minimum Gasteiger partial charge on any atom is -0.496 e. The summed E-state index contributed by atoms with van der Waals surface area (Å²) < 4.78 is 12.3. The van der Waals surface area contributed by atoms with Crippen molar-refractivity contribution in [2.75, 3.05) is 7.11 Å². The fourth-order valence-corrected chi connectivity index (χ4v) is 3.78. The first-order valence-corrected chi connectivity index (χ1v) is 9.05.